The molecule has 0 spiro atoms. The Bertz CT molecular complexity index is 243. The summed E-state index contributed by atoms with van der Waals surface area (Å²) in [7, 11) is 0. The smallest absolute Gasteiger partial charge is 0.326 e. The zero-order valence-electron chi connectivity index (χ0n) is 9.93. The molecule has 0 aromatic rings. The molecule has 0 saturated heterocycles. The van der Waals surface area contributed by atoms with Crippen LogP contribution in [0.15, 0.2) is 0 Å². The molecule has 0 heterocycles. The summed E-state index contributed by atoms with van der Waals surface area (Å²) in [6, 6.07) is -1.43. The minimum Gasteiger partial charge on any atom is -0.480 e. The van der Waals surface area contributed by atoms with E-state index in [1.54, 1.807) is 20.8 Å². The highest BCUT2D eigenvalue weighted by Crippen LogP contribution is 2.00. The van der Waals surface area contributed by atoms with Crippen molar-refractivity contribution >= 4 is 12.0 Å². The molecule has 2 amide bonds. The van der Waals surface area contributed by atoms with E-state index in [0.717, 1.165) is 0 Å². The lowest BCUT2D eigenvalue weighted by Crippen LogP contribution is -2.50. The molecular formula is C10H20N2O4. The van der Waals surface area contributed by atoms with Crippen LogP contribution in [0.4, 0.5) is 4.79 Å². The Morgan fingerprint density at radius 1 is 1.38 bits per heavy atom. The van der Waals surface area contributed by atoms with Gasteiger partial charge in [-0.25, -0.2) is 9.59 Å². The molecule has 0 fully saturated rings. The first-order chi connectivity index (χ1) is 7.43. The summed E-state index contributed by atoms with van der Waals surface area (Å²) in [4.78, 5) is 23.8. The second kappa shape index (κ2) is 7.05. The number of carboxylic acid groups (broad SMARTS) is 1. The standard InChI is InChI=1S/C10H20N2O4/c1-4-8(9(14)15)11-10(16)12(5-6-13)7(2)3/h7-8,13H,4-6H2,1-3H3,(H,11,16)(H,14,15)/t8-/m1/s1. The van der Waals surface area contributed by atoms with Gasteiger partial charge in [0.25, 0.3) is 0 Å². The Hall–Kier alpha value is -1.30. The molecule has 3 N–H and O–H groups in total. The average Bonchev–Trinajstić information content (AvgIpc) is 2.21. The lowest BCUT2D eigenvalue weighted by atomic mass is 10.2. The Morgan fingerprint density at radius 3 is 2.25 bits per heavy atom. The van der Waals surface area contributed by atoms with Gasteiger partial charge in [-0.3, -0.25) is 0 Å². The Morgan fingerprint density at radius 2 is 1.94 bits per heavy atom. The van der Waals surface area contributed by atoms with Gasteiger partial charge in [0.05, 0.1) is 6.61 Å². The van der Waals surface area contributed by atoms with Crippen LogP contribution in [0.2, 0.25) is 0 Å². The largest absolute Gasteiger partial charge is 0.480 e. The highest BCUT2D eigenvalue weighted by Gasteiger charge is 2.22. The summed E-state index contributed by atoms with van der Waals surface area (Å²) < 4.78 is 0. The molecule has 0 radical (unpaired) electrons. The SMILES string of the molecule is CC[C@@H](NC(=O)N(CCO)C(C)C)C(=O)O. The first kappa shape index (κ1) is 14.7. The van der Waals surface area contributed by atoms with Crippen LogP contribution in [-0.2, 0) is 4.79 Å². The van der Waals surface area contributed by atoms with E-state index in [1.807, 2.05) is 0 Å². The van der Waals surface area contributed by atoms with E-state index in [0.29, 0.717) is 6.42 Å². The number of urea groups is 1. The Balaban J connectivity index is 4.44. The van der Waals surface area contributed by atoms with Crippen LogP contribution < -0.4 is 5.32 Å². The molecule has 0 saturated carbocycles. The van der Waals surface area contributed by atoms with Gasteiger partial charge >= 0.3 is 12.0 Å². The van der Waals surface area contributed by atoms with Crippen LogP contribution in [0.5, 0.6) is 0 Å². The first-order valence-corrected chi connectivity index (χ1v) is 5.34. The van der Waals surface area contributed by atoms with E-state index < -0.39 is 18.0 Å². The van der Waals surface area contributed by atoms with E-state index in [1.165, 1.54) is 4.90 Å². The minimum absolute atomic E-state index is 0.0848. The topological polar surface area (TPSA) is 89.9 Å². The molecule has 0 bridgehead atoms. The van der Waals surface area contributed by atoms with Crippen molar-refractivity contribution in [2.24, 2.45) is 0 Å². The van der Waals surface area contributed by atoms with Crippen LogP contribution in [-0.4, -0.2) is 52.3 Å². The van der Waals surface area contributed by atoms with Gasteiger partial charge < -0.3 is 20.4 Å². The summed E-state index contributed by atoms with van der Waals surface area (Å²) in [6.45, 7) is 5.34. The summed E-state index contributed by atoms with van der Waals surface area (Å²) in [5.41, 5.74) is 0. The molecule has 0 rings (SSSR count). The third-order valence-corrected chi connectivity index (χ3v) is 2.23. The first-order valence-electron chi connectivity index (χ1n) is 5.34. The summed E-state index contributed by atoms with van der Waals surface area (Å²) >= 11 is 0. The van der Waals surface area contributed by atoms with Gasteiger partial charge in [0, 0.05) is 12.6 Å². The summed E-state index contributed by atoms with van der Waals surface area (Å²) in [6.07, 6.45) is 0.326. The summed E-state index contributed by atoms with van der Waals surface area (Å²) in [5.74, 6) is -1.05. The molecule has 94 valence electrons. The average molecular weight is 232 g/mol. The highest BCUT2D eigenvalue weighted by molar-refractivity contribution is 5.82. The van der Waals surface area contributed by atoms with Crippen molar-refractivity contribution in [3.63, 3.8) is 0 Å². The quantitative estimate of drug-likeness (QED) is 0.613. The van der Waals surface area contributed by atoms with E-state index in [9.17, 15) is 9.59 Å². The number of rotatable bonds is 6. The number of nitrogens with one attached hydrogen (secondary N) is 1. The minimum atomic E-state index is -1.05. The maximum absolute atomic E-state index is 11.7. The van der Waals surface area contributed by atoms with Gasteiger partial charge in [0.1, 0.15) is 6.04 Å². The monoisotopic (exact) mass is 232 g/mol. The molecule has 6 nitrogen and oxygen atoms in total. The number of carbonyl (C=O) groups is 2. The van der Waals surface area contributed by atoms with E-state index in [4.69, 9.17) is 10.2 Å². The molecule has 0 unspecified atom stereocenters. The Labute approximate surface area is 95.2 Å². The molecule has 1 atom stereocenters. The summed E-state index contributed by atoms with van der Waals surface area (Å²) in [5, 5.41) is 20.0. The lowest BCUT2D eigenvalue weighted by molar-refractivity contribution is -0.139. The fourth-order valence-electron chi connectivity index (χ4n) is 1.27. The maximum atomic E-state index is 11.7. The van der Waals surface area contributed by atoms with Crippen LogP contribution >= 0.6 is 0 Å². The Kier molecular flexibility index (Phi) is 6.48. The number of aliphatic carboxylic acids is 1. The second-order valence-corrected chi connectivity index (χ2v) is 3.76. The zero-order chi connectivity index (χ0) is 12.7. The van der Waals surface area contributed by atoms with Gasteiger partial charge in [-0.1, -0.05) is 6.92 Å². The molecule has 0 aromatic carbocycles. The fraction of sp³-hybridized carbons (Fsp3) is 0.800. The van der Waals surface area contributed by atoms with Crippen molar-refractivity contribution in [3.05, 3.63) is 0 Å². The number of nitrogens with zero attached hydrogens (tertiary/aromatic N) is 1. The molecule has 0 aliphatic carbocycles. The fourth-order valence-corrected chi connectivity index (χ4v) is 1.27. The zero-order valence-corrected chi connectivity index (χ0v) is 9.93. The number of hydrogen-bond donors (Lipinski definition) is 3. The molecule has 6 heteroatoms. The number of hydrogen-bond acceptors (Lipinski definition) is 3. The van der Waals surface area contributed by atoms with Crippen molar-refractivity contribution in [3.8, 4) is 0 Å². The van der Waals surface area contributed by atoms with E-state index in [2.05, 4.69) is 5.32 Å². The van der Waals surface area contributed by atoms with Crippen molar-refractivity contribution in [1.29, 1.82) is 0 Å². The van der Waals surface area contributed by atoms with Crippen LogP contribution in [0.3, 0.4) is 0 Å². The van der Waals surface area contributed by atoms with Crippen molar-refractivity contribution in [2.75, 3.05) is 13.2 Å². The highest BCUT2D eigenvalue weighted by atomic mass is 16.4. The van der Waals surface area contributed by atoms with Gasteiger partial charge in [-0.15, -0.1) is 0 Å². The third-order valence-electron chi connectivity index (χ3n) is 2.23. The van der Waals surface area contributed by atoms with Crippen molar-refractivity contribution < 1.29 is 19.8 Å². The molecule has 16 heavy (non-hydrogen) atoms. The maximum Gasteiger partial charge on any atom is 0.326 e. The van der Waals surface area contributed by atoms with Crippen LogP contribution in [0.1, 0.15) is 27.2 Å². The van der Waals surface area contributed by atoms with E-state index >= 15 is 0 Å². The number of carbonyl (C=O) groups excluding carboxylic acids is 1. The predicted octanol–water partition coefficient (Wildman–Crippen LogP) is 0.262. The number of aliphatic hydroxyl groups excluding tert-OH is 1. The van der Waals surface area contributed by atoms with Crippen molar-refractivity contribution in [2.45, 2.75) is 39.3 Å². The predicted molar refractivity (Wildman–Crippen MR) is 59.2 cm³/mol. The second-order valence-electron chi connectivity index (χ2n) is 3.76. The molecule has 0 aliphatic heterocycles. The lowest BCUT2D eigenvalue weighted by Gasteiger charge is -2.27. The van der Waals surface area contributed by atoms with E-state index in [-0.39, 0.29) is 19.2 Å². The number of amides is 2. The van der Waals surface area contributed by atoms with Crippen LogP contribution in [0.25, 0.3) is 0 Å². The van der Waals surface area contributed by atoms with Crippen molar-refractivity contribution in [1.82, 2.24) is 10.2 Å². The number of carboxylic acids is 1. The van der Waals surface area contributed by atoms with Gasteiger partial charge in [-0.05, 0) is 20.3 Å². The van der Waals surface area contributed by atoms with Gasteiger partial charge in [-0.2, -0.15) is 0 Å². The van der Waals surface area contributed by atoms with Gasteiger partial charge in [0.2, 0.25) is 0 Å². The third kappa shape index (κ3) is 4.48. The molecule has 0 aromatic heterocycles. The van der Waals surface area contributed by atoms with Gasteiger partial charge in [0.15, 0.2) is 0 Å². The number of aliphatic hydroxyl groups is 1. The molecular weight excluding hydrogens is 212 g/mol. The normalized spacial score (nSPS) is 12.3. The molecule has 0 aliphatic rings. The van der Waals surface area contributed by atoms with Crippen LogP contribution in [0, 0.1) is 0 Å².